The minimum atomic E-state index is -0.842. The van der Waals surface area contributed by atoms with E-state index in [4.69, 9.17) is 4.74 Å². The maximum atomic E-state index is 12.7. The molecule has 2 saturated heterocycles. The van der Waals surface area contributed by atoms with Gasteiger partial charge < -0.3 is 14.7 Å². The quantitative estimate of drug-likeness (QED) is 0.843. The first-order valence-corrected chi connectivity index (χ1v) is 8.56. The molecule has 0 unspecified atom stereocenters. The molecule has 0 bridgehead atoms. The zero-order valence-corrected chi connectivity index (χ0v) is 14.6. The van der Waals surface area contributed by atoms with Crippen LogP contribution >= 0.6 is 0 Å². The molecule has 0 saturated carbocycles. The smallest absolute Gasteiger partial charge is 0.332 e. The molecule has 1 N–H and O–H groups in total. The number of nitriles is 1. The van der Waals surface area contributed by atoms with Crippen LogP contribution in [-0.4, -0.2) is 47.7 Å². The number of rotatable bonds is 3. The molecule has 7 heteroatoms. The summed E-state index contributed by atoms with van der Waals surface area (Å²) < 4.78 is 5.16. The molecular formula is C20H17N3O4. The lowest BCUT2D eigenvalue weighted by atomic mass is 9.99. The van der Waals surface area contributed by atoms with Gasteiger partial charge in [-0.15, -0.1) is 0 Å². The fraction of sp³-hybridized carbons (Fsp3) is 0.250. The van der Waals surface area contributed by atoms with Gasteiger partial charge in [0.1, 0.15) is 11.8 Å². The maximum absolute atomic E-state index is 12.7. The molecule has 2 atom stereocenters. The summed E-state index contributed by atoms with van der Waals surface area (Å²) in [6, 6.07) is 12.9. The summed E-state index contributed by atoms with van der Waals surface area (Å²) in [5, 5.41) is 19.5. The van der Waals surface area contributed by atoms with Crippen molar-refractivity contribution in [2.75, 3.05) is 18.6 Å². The van der Waals surface area contributed by atoms with Crippen molar-refractivity contribution in [3.8, 4) is 22.9 Å². The summed E-state index contributed by atoms with van der Waals surface area (Å²) >= 11 is 0. The highest BCUT2D eigenvalue weighted by Gasteiger charge is 2.52. The second kappa shape index (κ2) is 6.41. The van der Waals surface area contributed by atoms with Crippen LogP contribution in [0.1, 0.15) is 12.0 Å². The molecule has 27 heavy (non-hydrogen) atoms. The lowest BCUT2D eigenvalue weighted by Gasteiger charge is -2.17. The van der Waals surface area contributed by atoms with Gasteiger partial charge in [0.25, 0.3) is 5.91 Å². The Morgan fingerprint density at radius 2 is 1.93 bits per heavy atom. The van der Waals surface area contributed by atoms with Crippen molar-refractivity contribution < 1.29 is 19.4 Å². The van der Waals surface area contributed by atoms with Gasteiger partial charge in [0.05, 0.1) is 30.5 Å². The summed E-state index contributed by atoms with van der Waals surface area (Å²) in [6.45, 7) is 0.356. The number of fused-ring (bicyclic) bond motifs is 1. The molecule has 2 aliphatic rings. The topological polar surface area (TPSA) is 93.9 Å². The van der Waals surface area contributed by atoms with Crippen LogP contribution in [0.3, 0.4) is 0 Å². The SMILES string of the molecule is COc1ccc(-c2cc(N3C(=O)[C@@H]4[C@H](O)CCN4C3=O)ccc2C#N)cc1. The molecule has 2 fully saturated rings. The van der Waals surface area contributed by atoms with Crippen LogP contribution in [0.15, 0.2) is 42.5 Å². The number of nitrogens with zero attached hydrogens (tertiary/aromatic N) is 3. The van der Waals surface area contributed by atoms with E-state index < -0.39 is 24.1 Å². The van der Waals surface area contributed by atoms with Gasteiger partial charge in [-0.05, 0) is 42.3 Å². The van der Waals surface area contributed by atoms with Crippen LogP contribution in [0.2, 0.25) is 0 Å². The number of carbonyl (C=O) groups excluding carboxylic acids is 2. The van der Waals surface area contributed by atoms with Gasteiger partial charge in [-0.3, -0.25) is 4.79 Å². The van der Waals surface area contributed by atoms with Crippen LogP contribution in [0.25, 0.3) is 11.1 Å². The third kappa shape index (κ3) is 2.62. The molecule has 0 spiro atoms. The maximum Gasteiger partial charge on any atom is 0.332 e. The molecule has 0 aliphatic carbocycles. The number of urea groups is 1. The van der Waals surface area contributed by atoms with Gasteiger partial charge in [-0.2, -0.15) is 5.26 Å². The van der Waals surface area contributed by atoms with E-state index in [0.29, 0.717) is 35.5 Å². The summed E-state index contributed by atoms with van der Waals surface area (Å²) in [6.07, 6.45) is -0.439. The van der Waals surface area contributed by atoms with Crippen LogP contribution in [0, 0.1) is 11.3 Å². The number of benzene rings is 2. The van der Waals surface area contributed by atoms with Crippen molar-refractivity contribution in [2.24, 2.45) is 0 Å². The van der Waals surface area contributed by atoms with E-state index in [1.165, 1.54) is 4.90 Å². The number of hydrogen-bond donors (Lipinski definition) is 1. The number of ether oxygens (including phenoxy) is 1. The number of imide groups is 1. The van der Waals surface area contributed by atoms with Gasteiger partial charge in [-0.1, -0.05) is 12.1 Å². The Balaban J connectivity index is 1.76. The van der Waals surface area contributed by atoms with Crippen molar-refractivity contribution in [1.29, 1.82) is 5.26 Å². The molecule has 2 aromatic rings. The number of amides is 3. The van der Waals surface area contributed by atoms with E-state index >= 15 is 0 Å². The number of aliphatic hydroxyl groups is 1. The second-order valence-electron chi connectivity index (χ2n) is 6.52. The van der Waals surface area contributed by atoms with E-state index in [-0.39, 0.29) is 0 Å². The molecular weight excluding hydrogens is 346 g/mol. The van der Waals surface area contributed by atoms with E-state index in [9.17, 15) is 20.0 Å². The molecule has 2 heterocycles. The zero-order chi connectivity index (χ0) is 19.1. The summed E-state index contributed by atoms with van der Waals surface area (Å²) in [7, 11) is 1.57. The Kier molecular flexibility index (Phi) is 4.05. The molecule has 2 aromatic carbocycles. The summed E-state index contributed by atoms with van der Waals surface area (Å²) in [5.74, 6) is 0.253. The Labute approximate surface area is 156 Å². The van der Waals surface area contributed by atoms with Gasteiger partial charge in [0, 0.05) is 12.1 Å². The van der Waals surface area contributed by atoms with Crippen LogP contribution in [0.5, 0.6) is 5.75 Å². The first-order chi connectivity index (χ1) is 13.0. The largest absolute Gasteiger partial charge is 0.497 e. The lowest BCUT2D eigenvalue weighted by molar-refractivity contribution is -0.121. The minimum absolute atomic E-state index is 0.356. The van der Waals surface area contributed by atoms with E-state index in [1.807, 2.05) is 12.1 Å². The molecule has 3 amide bonds. The lowest BCUT2D eigenvalue weighted by Crippen LogP contribution is -2.36. The van der Waals surface area contributed by atoms with Crippen molar-refractivity contribution >= 4 is 17.6 Å². The Morgan fingerprint density at radius 1 is 1.19 bits per heavy atom. The summed E-state index contributed by atoms with van der Waals surface area (Å²) in [5.41, 5.74) is 2.21. The van der Waals surface area contributed by atoms with Crippen LogP contribution in [-0.2, 0) is 4.79 Å². The minimum Gasteiger partial charge on any atom is -0.497 e. The fourth-order valence-electron chi connectivity index (χ4n) is 3.66. The van der Waals surface area contributed by atoms with E-state index in [2.05, 4.69) is 6.07 Å². The van der Waals surface area contributed by atoms with E-state index in [1.54, 1.807) is 37.4 Å². The monoisotopic (exact) mass is 363 g/mol. The zero-order valence-electron chi connectivity index (χ0n) is 14.6. The number of carbonyl (C=O) groups is 2. The van der Waals surface area contributed by atoms with Gasteiger partial charge in [-0.25, -0.2) is 9.69 Å². The summed E-state index contributed by atoms with van der Waals surface area (Å²) in [4.78, 5) is 27.9. The average molecular weight is 363 g/mol. The van der Waals surface area contributed by atoms with Crippen LogP contribution < -0.4 is 9.64 Å². The normalized spacial score (nSPS) is 21.4. The Hall–Kier alpha value is -3.37. The second-order valence-corrected chi connectivity index (χ2v) is 6.52. The highest BCUT2D eigenvalue weighted by molar-refractivity contribution is 6.22. The first-order valence-electron chi connectivity index (χ1n) is 8.56. The standard InChI is InChI=1S/C20H17N3O4/c1-27-15-6-3-12(4-7-15)16-10-14(5-2-13(16)11-21)23-19(25)18-17(24)8-9-22(18)20(23)26/h2-7,10,17-18,24H,8-9H2,1H3/t17-,18+/m1/s1. The van der Waals surface area contributed by atoms with Gasteiger partial charge in [0.15, 0.2) is 0 Å². The number of hydrogen-bond acceptors (Lipinski definition) is 5. The number of anilines is 1. The third-order valence-corrected chi connectivity index (χ3v) is 5.06. The molecule has 4 rings (SSSR count). The van der Waals surface area contributed by atoms with Crippen molar-refractivity contribution in [2.45, 2.75) is 18.6 Å². The van der Waals surface area contributed by atoms with Gasteiger partial charge >= 0.3 is 6.03 Å². The third-order valence-electron chi connectivity index (χ3n) is 5.06. The Bertz CT molecular complexity index is 964. The fourth-order valence-corrected chi connectivity index (χ4v) is 3.66. The molecule has 0 aromatic heterocycles. The highest BCUT2D eigenvalue weighted by Crippen LogP contribution is 2.35. The van der Waals surface area contributed by atoms with Crippen LogP contribution in [0.4, 0.5) is 10.5 Å². The predicted molar refractivity (Wildman–Crippen MR) is 97.1 cm³/mol. The molecule has 136 valence electrons. The predicted octanol–water partition coefficient (Wildman–Crippen LogP) is 2.14. The van der Waals surface area contributed by atoms with Crippen molar-refractivity contribution in [3.05, 3.63) is 48.0 Å². The Morgan fingerprint density at radius 3 is 2.56 bits per heavy atom. The van der Waals surface area contributed by atoms with Crippen molar-refractivity contribution in [1.82, 2.24) is 4.90 Å². The number of methoxy groups -OCH3 is 1. The van der Waals surface area contributed by atoms with Gasteiger partial charge in [0.2, 0.25) is 0 Å². The van der Waals surface area contributed by atoms with E-state index in [0.717, 1.165) is 10.5 Å². The average Bonchev–Trinajstić information content (AvgIpc) is 3.20. The molecule has 7 nitrogen and oxygen atoms in total. The molecule has 0 radical (unpaired) electrons. The number of aliphatic hydroxyl groups excluding tert-OH is 1. The molecule has 2 aliphatic heterocycles. The highest BCUT2D eigenvalue weighted by atomic mass is 16.5. The first kappa shape index (κ1) is 17.1. The van der Waals surface area contributed by atoms with Crippen molar-refractivity contribution in [3.63, 3.8) is 0 Å².